The Morgan fingerprint density at radius 3 is 2.48 bits per heavy atom. The number of hydrogen-bond acceptors (Lipinski definition) is 4. The van der Waals surface area contributed by atoms with Crippen LogP contribution in [0.2, 0.25) is 0 Å². The Hall–Kier alpha value is -1.09. The minimum absolute atomic E-state index is 0.253. The van der Waals surface area contributed by atoms with Crippen molar-refractivity contribution < 1.29 is 17.2 Å². The summed E-state index contributed by atoms with van der Waals surface area (Å²) in [5, 5.41) is 4.30. The maximum Gasteiger partial charge on any atom is 0.256 e. The lowest BCUT2D eigenvalue weighted by Crippen LogP contribution is -2.45. The number of benzene rings is 1. The Kier molecular flexibility index (Phi) is 5.26. The highest BCUT2D eigenvalue weighted by atomic mass is 32.2. The van der Waals surface area contributed by atoms with Gasteiger partial charge in [0.25, 0.3) is 10.0 Å². The second-order valence-electron chi connectivity index (χ2n) is 5.06. The number of hydrogen-bond donors (Lipinski definition) is 2. The highest BCUT2D eigenvalue weighted by Gasteiger charge is 2.25. The number of rotatable bonds is 5. The molecule has 1 aromatic rings. The molecule has 21 heavy (non-hydrogen) atoms. The van der Waals surface area contributed by atoms with Crippen LogP contribution < -0.4 is 10.1 Å². The van der Waals surface area contributed by atoms with Crippen LogP contribution in [0.1, 0.15) is 24.8 Å². The van der Waals surface area contributed by atoms with Crippen molar-refractivity contribution in [3.8, 4) is 0 Å². The molecule has 1 saturated heterocycles. The van der Waals surface area contributed by atoms with Gasteiger partial charge in [-0.25, -0.2) is 22.2 Å². The van der Waals surface area contributed by atoms with Crippen LogP contribution in [0.5, 0.6) is 0 Å². The van der Waals surface area contributed by atoms with Crippen LogP contribution in [0.25, 0.3) is 0 Å². The van der Waals surface area contributed by atoms with Crippen LogP contribution in [0.4, 0.5) is 8.78 Å². The Bertz CT molecular complexity index is 602. The molecule has 1 heterocycles. The van der Waals surface area contributed by atoms with Gasteiger partial charge in [0.1, 0.15) is 4.90 Å². The van der Waals surface area contributed by atoms with Crippen LogP contribution >= 0.6 is 0 Å². The monoisotopic (exact) mass is 319 g/mol. The fourth-order valence-electron chi connectivity index (χ4n) is 2.32. The van der Waals surface area contributed by atoms with Crippen molar-refractivity contribution >= 4 is 10.0 Å². The first-order valence-electron chi connectivity index (χ1n) is 6.84. The van der Waals surface area contributed by atoms with Gasteiger partial charge in [0.15, 0.2) is 11.6 Å². The van der Waals surface area contributed by atoms with E-state index in [9.17, 15) is 17.2 Å². The molecule has 0 bridgehead atoms. The summed E-state index contributed by atoms with van der Waals surface area (Å²) in [7, 11) is -2.48. The Balaban J connectivity index is 2.29. The lowest BCUT2D eigenvalue weighted by molar-refractivity contribution is 0.199. The van der Waals surface area contributed by atoms with Gasteiger partial charge < -0.3 is 5.32 Å². The third-order valence-electron chi connectivity index (χ3n) is 3.33. The number of nitrogens with one attached hydrogen (secondary N) is 2. The largest absolute Gasteiger partial charge is 0.316 e. The zero-order chi connectivity index (χ0) is 15.5. The zero-order valence-electron chi connectivity index (χ0n) is 11.8. The molecule has 1 aliphatic rings. The predicted octanol–water partition coefficient (Wildman–Crippen LogP) is 1.36. The average Bonchev–Trinajstić information content (AvgIpc) is 2.43. The molecule has 2 rings (SSSR count). The van der Waals surface area contributed by atoms with Gasteiger partial charge in [-0.15, -0.1) is 4.83 Å². The van der Waals surface area contributed by atoms with Crippen molar-refractivity contribution in [3.05, 3.63) is 29.3 Å². The highest BCUT2D eigenvalue weighted by Crippen LogP contribution is 2.20. The number of nitrogens with zero attached hydrogens (tertiary/aromatic N) is 1. The van der Waals surface area contributed by atoms with Crippen LogP contribution in [-0.4, -0.2) is 33.6 Å². The number of sulfonamides is 1. The molecule has 8 heteroatoms. The van der Waals surface area contributed by atoms with E-state index in [0.717, 1.165) is 31.4 Å². The van der Waals surface area contributed by atoms with Crippen molar-refractivity contribution in [2.75, 3.05) is 20.1 Å². The van der Waals surface area contributed by atoms with Crippen LogP contribution in [0.3, 0.4) is 0 Å². The van der Waals surface area contributed by atoms with Gasteiger partial charge in [0.2, 0.25) is 0 Å². The Morgan fingerprint density at radius 2 is 1.86 bits per heavy atom. The van der Waals surface area contributed by atoms with Crippen LogP contribution in [-0.2, 0) is 16.6 Å². The first-order valence-corrected chi connectivity index (χ1v) is 8.32. The van der Waals surface area contributed by atoms with E-state index in [2.05, 4.69) is 10.1 Å². The van der Waals surface area contributed by atoms with Crippen LogP contribution in [0.15, 0.2) is 17.0 Å². The second-order valence-corrected chi connectivity index (χ2v) is 6.69. The molecule has 0 aromatic heterocycles. The first-order chi connectivity index (χ1) is 9.94. The van der Waals surface area contributed by atoms with E-state index < -0.39 is 26.6 Å². The molecule has 0 atom stereocenters. The summed E-state index contributed by atoms with van der Waals surface area (Å²) in [5.74, 6) is -2.51. The minimum Gasteiger partial charge on any atom is -0.316 e. The molecule has 5 nitrogen and oxygen atoms in total. The fourth-order valence-corrected chi connectivity index (χ4v) is 3.58. The molecule has 118 valence electrons. The van der Waals surface area contributed by atoms with Crippen molar-refractivity contribution in [1.82, 2.24) is 15.2 Å². The zero-order valence-corrected chi connectivity index (χ0v) is 12.6. The van der Waals surface area contributed by atoms with Crippen molar-refractivity contribution in [2.45, 2.75) is 30.7 Å². The smallest absolute Gasteiger partial charge is 0.256 e. The van der Waals surface area contributed by atoms with Crippen molar-refractivity contribution in [2.24, 2.45) is 0 Å². The number of piperidine rings is 1. The maximum absolute atomic E-state index is 13.8. The van der Waals surface area contributed by atoms with Gasteiger partial charge in [-0.05, 0) is 37.6 Å². The highest BCUT2D eigenvalue weighted by molar-refractivity contribution is 7.89. The van der Waals surface area contributed by atoms with Gasteiger partial charge in [-0.1, -0.05) is 6.42 Å². The van der Waals surface area contributed by atoms with E-state index >= 15 is 0 Å². The molecule has 1 aromatic carbocycles. The van der Waals surface area contributed by atoms with Gasteiger partial charge in [-0.3, -0.25) is 0 Å². The van der Waals surface area contributed by atoms with E-state index in [1.165, 1.54) is 5.01 Å². The lowest BCUT2D eigenvalue weighted by atomic mass is 10.2. The van der Waals surface area contributed by atoms with E-state index in [1.807, 2.05) is 0 Å². The van der Waals surface area contributed by atoms with E-state index in [-0.39, 0.29) is 6.54 Å². The SMILES string of the molecule is CNCc1cc(F)c(F)c(S(=O)(=O)NN2CCCCC2)c1. The summed E-state index contributed by atoms with van der Waals surface area (Å²) >= 11 is 0. The predicted molar refractivity (Wildman–Crippen MR) is 74.9 cm³/mol. The first kappa shape index (κ1) is 16.3. The molecule has 0 radical (unpaired) electrons. The number of hydrazine groups is 1. The summed E-state index contributed by atoms with van der Waals surface area (Å²) in [4.78, 5) is 1.67. The molecule has 0 unspecified atom stereocenters. The topological polar surface area (TPSA) is 61.4 Å². The third kappa shape index (κ3) is 3.97. The summed E-state index contributed by atoms with van der Waals surface area (Å²) in [6.07, 6.45) is 2.79. The minimum atomic E-state index is -4.12. The van der Waals surface area contributed by atoms with E-state index in [0.29, 0.717) is 18.7 Å². The Morgan fingerprint density at radius 1 is 1.19 bits per heavy atom. The molecule has 0 saturated carbocycles. The summed E-state index contributed by atoms with van der Waals surface area (Å²) in [6, 6.07) is 2.15. The lowest BCUT2D eigenvalue weighted by Gasteiger charge is -2.26. The van der Waals surface area contributed by atoms with Gasteiger partial charge >= 0.3 is 0 Å². The summed E-state index contributed by atoms with van der Waals surface area (Å²) < 4.78 is 51.9. The van der Waals surface area contributed by atoms with E-state index in [4.69, 9.17) is 0 Å². The maximum atomic E-state index is 13.8. The molecule has 0 amide bonds. The molecule has 1 aliphatic heterocycles. The number of halogens is 2. The molecule has 1 fully saturated rings. The standard InChI is InChI=1S/C13H19F2N3O2S/c1-16-9-10-7-11(14)13(15)12(8-10)21(19,20)17-18-5-3-2-4-6-18/h7-8,16-17H,2-6,9H2,1H3. The molecule has 2 N–H and O–H groups in total. The Labute approximate surface area is 123 Å². The summed E-state index contributed by atoms with van der Waals surface area (Å²) in [5.41, 5.74) is 0.371. The average molecular weight is 319 g/mol. The third-order valence-corrected chi connectivity index (χ3v) is 4.71. The van der Waals surface area contributed by atoms with Crippen molar-refractivity contribution in [3.63, 3.8) is 0 Å². The fraction of sp³-hybridized carbons (Fsp3) is 0.538. The van der Waals surface area contributed by atoms with Crippen LogP contribution in [0, 0.1) is 11.6 Å². The quantitative estimate of drug-likeness (QED) is 0.860. The second kappa shape index (κ2) is 6.78. The van der Waals surface area contributed by atoms with E-state index in [1.54, 1.807) is 7.05 Å². The van der Waals surface area contributed by atoms with Crippen molar-refractivity contribution in [1.29, 1.82) is 0 Å². The molecular weight excluding hydrogens is 300 g/mol. The summed E-state index contributed by atoms with van der Waals surface area (Å²) in [6.45, 7) is 1.39. The van der Waals surface area contributed by atoms with Gasteiger partial charge in [-0.2, -0.15) is 0 Å². The van der Waals surface area contributed by atoms with Gasteiger partial charge in [0, 0.05) is 19.6 Å². The molecular formula is C13H19F2N3O2S. The van der Waals surface area contributed by atoms with Gasteiger partial charge in [0.05, 0.1) is 0 Å². The normalized spacial score (nSPS) is 17.1. The molecule has 0 spiro atoms. The molecule has 0 aliphatic carbocycles.